The van der Waals surface area contributed by atoms with Crippen LogP contribution in [0.5, 0.6) is 0 Å². The Morgan fingerprint density at radius 3 is 2.71 bits per heavy atom. The number of pyridine rings is 1. The highest BCUT2D eigenvalue weighted by atomic mass is 35.5. The molecule has 3 aromatic heterocycles. The number of ether oxygens (including phenoxy) is 1. The molecule has 2 atom stereocenters. The van der Waals surface area contributed by atoms with Crippen LogP contribution in [-0.2, 0) is 4.74 Å². The van der Waals surface area contributed by atoms with Gasteiger partial charge in [-0.25, -0.2) is 4.98 Å². The number of hydrogen-bond donors (Lipinski definition) is 4. The van der Waals surface area contributed by atoms with Gasteiger partial charge in [0.05, 0.1) is 23.4 Å². The van der Waals surface area contributed by atoms with Crippen LogP contribution in [-0.4, -0.2) is 62.6 Å². The number of anilines is 3. The predicted molar refractivity (Wildman–Crippen MR) is 127 cm³/mol. The summed E-state index contributed by atoms with van der Waals surface area (Å²) >= 11 is 6.34. The molecule has 34 heavy (non-hydrogen) atoms. The van der Waals surface area contributed by atoms with Gasteiger partial charge in [-0.15, -0.1) is 0 Å². The molecule has 0 bridgehead atoms. The second-order valence-corrected chi connectivity index (χ2v) is 8.98. The summed E-state index contributed by atoms with van der Waals surface area (Å²) in [6.45, 7) is 1.19. The molecule has 0 unspecified atom stereocenters. The van der Waals surface area contributed by atoms with Crippen molar-refractivity contribution in [3.8, 4) is 0 Å². The SMILES string of the molecule is CNc1cc(Nc2cc(Cl)cn(C3CCOCC3)c2=O)nc2c(C(=O)N[C@@H]3CC[C@H]3O)cnn12. The van der Waals surface area contributed by atoms with Crippen LogP contribution in [0.1, 0.15) is 42.1 Å². The Labute approximate surface area is 200 Å². The van der Waals surface area contributed by atoms with Gasteiger partial charge in [0.15, 0.2) is 5.65 Å². The lowest BCUT2D eigenvalue weighted by atomic mass is 9.89. The topological polar surface area (TPSA) is 135 Å². The van der Waals surface area contributed by atoms with Gasteiger partial charge < -0.3 is 30.4 Å². The van der Waals surface area contributed by atoms with Crippen LogP contribution in [0.2, 0.25) is 5.02 Å². The summed E-state index contributed by atoms with van der Waals surface area (Å²) in [4.78, 5) is 30.6. The molecule has 4 N–H and O–H groups in total. The van der Waals surface area contributed by atoms with Gasteiger partial charge in [-0.2, -0.15) is 9.61 Å². The van der Waals surface area contributed by atoms with E-state index < -0.39 is 6.10 Å². The van der Waals surface area contributed by atoms with Gasteiger partial charge in [-0.05, 0) is 31.7 Å². The Kier molecular flexibility index (Phi) is 6.15. The van der Waals surface area contributed by atoms with E-state index in [1.165, 1.54) is 10.7 Å². The van der Waals surface area contributed by atoms with Crippen LogP contribution < -0.4 is 21.5 Å². The Balaban J connectivity index is 1.49. The molecule has 1 aliphatic carbocycles. The smallest absolute Gasteiger partial charge is 0.274 e. The van der Waals surface area contributed by atoms with Crippen LogP contribution in [0.25, 0.3) is 5.65 Å². The minimum absolute atomic E-state index is 0.00999. The van der Waals surface area contributed by atoms with Gasteiger partial charge in [-0.3, -0.25) is 9.59 Å². The summed E-state index contributed by atoms with van der Waals surface area (Å²) in [5.41, 5.74) is 0.646. The van der Waals surface area contributed by atoms with Gasteiger partial charge in [0, 0.05) is 38.6 Å². The summed E-state index contributed by atoms with van der Waals surface area (Å²) in [7, 11) is 1.72. The van der Waals surface area contributed by atoms with Crippen molar-refractivity contribution >= 4 is 40.5 Å². The molecule has 1 saturated heterocycles. The van der Waals surface area contributed by atoms with Gasteiger partial charge in [-0.1, -0.05) is 11.6 Å². The standard InChI is InChI=1S/C22H26ClN7O4/c1-24-19-9-18(26-16-8-12(23)11-29(22(16)33)13-4-6-34-7-5-13)28-20-14(10-25-30(19)20)21(32)27-15-2-3-17(15)31/h8-11,13,15,17,24,31H,2-7H2,1H3,(H,26,28)(H,27,32)/t15-,17-/m1/s1. The number of amides is 1. The number of aliphatic hydroxyl groups excluding tert-OH is 1. The van der Waals surface area contributed by atoms with E-state index in [1.54, 1.807) is 29.9 Å². The largest absolute Gasteiger partial charge is 0.391 e. The lowest BCUT2D eigenvalue weighted by Crippen LogP contribution is -2.50. The monoisotopic (exact) mass is 487 g/mol. The number of fused-ring (bicyclic) bond motifs is 1. The number of hydrogen-bond acceptors (Lipinski definition) is 8. The first-order valence-electron chi connectivity index (χ1n) is 11.3. The van der Waals surface area contributed by atoms with Crippen molar-refractivity contribution in [1.29, 1.82) is 0 Å². The van der Waals surface area contributed by atoms with Crippen molar-refractivity contribution in [2.45, 2.75) is 43.9 Å². The lowest BCUT2D eigenvalue weighted by Gasteiger charge is -2.32. The third kappa shape index (κ3) is 4.22. The third-order valence-corrected chi connectivity index (χ3v) is 6.59. The van der Waals surface area contributed by atoms with Crippen LogP contribution in [0.4, 0.5) is 17.3 Å². The second kappa shape index (κ2) is 9.24. The highest BCUT2D eigenvalue weighted by Crippen LogP contribution is 2.25. The minimum atomic E-state index is -0.537. The molecule has 1 saturated carbocycles. The van der Waals surface area contributed by atoms with E-state index in [0.29, 0.717) is 41.9 Å². The lowest BCUT2D eigenvalue weighted by molar-refractivity contribution is 0.0448. The fraction of sp³-hybridized carbons (Fsp3) is 0.455. The number of aliphatic hydroxyl groups is 1. The van der Waals surface area contributed by atoms with Crippen molar-refractivity contribution in [3.05, 3.63) is 45.5 Å². The molecule has 0 aromatic carbocycles. The van der Waals surface area contributed by atoms with E-state index in [9.17, 15) is 14.7 Å². The van der Waals surface area contributed by atoms with E-state index >= 15 is 0 Å². The maximum Gasteiger partial charge on any atom is 0.274 e. The zero-order valence-electron chi connectivity index (χ0n) is 18.6. The summed E-state index contributed by atoms with van der Waals surface area (Å²) in [5.74, 6) is 0.560. The molecule has 2 aliphatic rings. The first-order valence-corrected chi connectivity index (χ1v) is 11.6. The number of halogens is 1. The van der Waals surface area contributed by atoms with Crippen LogP contribution in [0.15, 0.2) is 29.3 Å². The highest BCUT2D eigenvalue weighted by Gasteiger charge is 2.31. The normalized spacial score (nSPS) is 20.7. The summed E-state index contributed by atoms with van der Waals surface area (Å²) < 4.78 is 8.57. The van der Waals surface area contributed by atoms with E-state index in [-0.39, 0.29) is 34.8 Å². The number of carbonyl (C=O) groups excluding carboxylic acids is 1. The quantitative estimate of drug-likeness (QED) is 0.414. The van der Waals surface area contributed by atoms with E-state index in [2.05, 4.69) is 26.0 Å². The molecule has 180 valence electrons. The fourth-order valence-corrected chi connectivity index (χ4v) is 4.51. The predicted octanol–water partition coefficient (Wildman–Crippen LogP) is 1.93. The first kappa shape index (κ1) is 22.6. The second-order valence-electron chi connectivity index (χ2n) is 8.55. The molecule has 4 heterocycles. The minimum Gasteiger partial charge on any atom is -0.391 e. The van der Waals surface area contributed by atoms with E-state index in [0.717, 1.165) is 19.3 Å². The molecule has 0 radical (unpaired) electrons. The van der Waals surface area contributed by atoms with Gasteiger partial charge in [0.2, 0.25) is 0 Å². The maximum absolute atomic E-state index is 13.2. The summed E-state index contributed by atoms with van der Waals surface area (Å²) in [6.07, 6.45) is 5.41. The maximum atomic E-state index is 13.2. The van der Waals surface area contributed by atoms with Crippen LogP contribution >= 0.6 is 11.6 Å². The van der Waals surface area contributed by atoms with Crippen molar-refractivity contribution in [1.82, 2.24) is 24.5 Å². The molecule has 3 aromatic rings. The molecule has 1 amide bonds. The van der Waals surface area contributed by atoms with Crippen LogP contribution in [0, 0.1) is 0 Å². The van der Waals surface area contributed by atoms with Crippen molar-refractivity contribution in [2.75, 3.05) is 30.9 Å². The van der Waals surface area contributed by atoms with Crippen molar-refractivity contribution in [2.24, 2.45) is 0 Å². The molecule has 5 rings (SSSR count). The molecular formula is C22H26ClN7O4. The van der Waals surface area contributed by atoms with Gasteiger partial charge in [0.1, 0.15) is 22.9 Å². The number of nitrogens with zero attached hydrogens (tertiary/aromatic N) is 4. The zero-order valence-corrected chi connectivity index (χ0v) is 19.4. The van der Waals surface area contributed by atoms with Crippen molar-refractivity contribution in [3.63, 3.8) is 0 Å². The number of rotatable bonds is 6. The first-order chi connectivity index (χ1) is 16.4. The van der Waals surface area contributed by atoms with E-state index in [1.807, 2.05) is 0 Å². The number of carbonyl (C=O) groups is 1. The molecule has 0 spiro atoms. The van der Waals surface area contributed by atoms with Crippen LogP contribution in [0.3, 0.4) is 0 Å². The summed E-state index contributed by atoms with van der Waals surface area (Å²) in [5, 5.41) is 23.4. The average molecular weight is 488 g/mol. The van der Waals surface area contributed by atoms with Crippen molar-refractivity contribution < 1.29 is 14.6 Å². The molecule has 2 fully saturated rings. The molecule has 12 heteroatoms. The summed E-state index contributed by atoms with van der Waals surface area (Å²) in [6, 6.07) is 2.99. The Morgan fingerprint density at radius 2 is 2.03 bits per heavy atom. The average Bonchev–Trinajstić information content (AvgIpc) is 3.27. The Bertz CT molecular complexity index is 1280. The third-order valence-electron chi connectivity index (χ3n) is 6.38. The number of nitrogens with one attached hydrogen (secondary N) is 3. The van der Waals surface area contributed by atoms with E-state index in [4.69, 9.17) is 16.3 Å². The number of aromatic nitrogens is 4. The van der Waals surface area contributed by atoms with Gasteiger partial charge in [0.25, 0.3) is 11.5 Å². The molecule has 1 aliphatic heterocycles. The zero-order chi connectivity index (χ0) is 23.8. The molecular weight excluding hydrogens is 462 g/mol. The fourth-order valence-electron chi connectivity index (χ4n) is 4.29. The molecule has 11 nitrogen and oxygen atoms in total. The van der Waals surface area contributed by atoms with Gasteiger partial charge >= 0.3 is 0 Å². The highest BCUT2D eigenvalue weighted by molar-refractivity contribution is 6.30. The Hall–Kier alpha value is -3.15. The Morgan fingerprint density at radius 1 is 1.24 bits per heavy atom.